The minimum Gasteiger partial charge on any atom is -0.324 e. The molecule has 0 aliphatic rings. The fourth-order valence-corrected chi connectivity index (χ4v) is 3.64. The largest absolute Gasteiger partial charge is 0.324 e. The summed E-state index contributed by atoms with van der Waals surface area (Å²) in [6.07, 6.45) is 1.70. The van der Waals surface area contributed by atoms with Crippen LogP contribution in [-0.4, -0.2) is 24.7 Å². The molecule has 0 amide bonds. The van der Waals surface area contributed by atoms with Gasteiger partial charge in [0.25, 0.3) is 5.69 Å². The number of fused-ring (bicyclic) bond motifs is 2. The minimum atomic E-state index is -0.416. The van der Waals surface area contributed by atoms with Crippen LogP contribution in [0, 0.1) is 10.1 Å². The van der Waals surface area contributed by atoms with E-state index in [9.17, 15) is 10.1 Å². The number of hydrogen-bond acceptors (Lipinski definition) is 6. The molecule has 33 heavy (non-hydrogen) atoms. The van der Waals surface area contributed by atoms with Crippen molar-refractivity contribution in [2.45, 2.75) is 26.2 Å². The van der Waals surface area contributed by atoms with Gasteiger partial charge >= 0.3 is 0 Å². The second kappa shape index (κ2) is 7.67. The van der Waals surface area contributed by atoms with Crippen molar-refractivity contribution in [3.63, 3.8) is 0 Å². The van der Waals surface area contributed by atoms with E-state index in [1.165, 1.54) is 12.1 Å². The Morgan fingerprint density at radius 2 is 1.61 bits per heavy atom. The third-order valence-electron chi connectivity index (χ3n) is 5.45. The second-order valence-corrected chi connectivity index (χ2v) is 8.92. The minimum absolute atomic E-state index is 0.0316. The summed E-state index contributed by atoms with van der Waals surface area (Å²) in [6.45, 7) is 6.25. The standard InChI is InChI=1S/C25H22N6O2/c1-25(2,3)22-14-24(30(29-22)18-8-10-19(11-9-18)31(32)33)28-23-15-26-20-12-16-6-4-5-7-17(16)13-21(20)27-23/h4-15H,1-3H3,(H,27,28). The van der Waals surface area contributed by atoms with Crippen LogP contribution in [0.1, 0.15) is 26.5 Å². The maximum Gasteiger partial charge on any atom is 0.269 e. The summed E-state index contributed by atoms with van der Waals surface area (Å²) in [5.41, 5.74) is 3.04. The Bertz CT molecular complexity index is 1500. The van der Waals surface area contributed by atoms with Gasteiger partial charge in [0.1, 0.15) is 5.82 Å². The quantitative estimate of drug-likeness (QED) is 0.212. The molecule has 164 valence electrons. The average Bonchev–Trinajstić information content (AvgIpc) is 3.22. The first-order valence-electron chi connectivity index (χ1n) is 10.6. The van der Waals surface area contributed by atoms with Crippen LogP contribution in [0.15, 0.2) is 72.9 Å². The molecule has 0 aliphatic carbocycles. The Morgan fingerprint density at radius 3 is 2.24 bits per heavy atom. The first-order valence-corrected chi connectivity index (χ1v) is 10.6. The predicted molar refractivity (Wildman–Crippen MR) is 129 cm³/mol. The zero-order valence-electron chi connectivity index (χ0n) is 18.5. The van der Waals surface area contributed by atoms with E-state index >= 15 is 0 Å². The number of nitro groups is 1. The summed E-state index contributed by atoms with van der Waals surface area (Å²) < 4.78 is 1.73. The summed E-state index contributed by atoms with van der Waals surface area (Å²) in [5.74, 6) is 1.28. The highest BCUT2D eigenvalue weighted by Gasteiger charge is 2.21. The number of non-ortho nitro benzene ring substituents is 1. The fraction of sp³-hybridized carbons (Fsp3) is 0.160. The SMILES string of the molecule is CC(C)(C)c1cc(Nc2cnc3cc4ccccc4cc3n2)n(-c2ccc([N+](=O)[O-])cc2)n1. The molecule has 8 heteroatoms. The van der Waals surface area contributed by atoms with E-state index in [1.54, 1.807) is 23.0 Å². The van der Waals surface area contributed by atoms with E-state index in [0.717, 1.165) is 27.5 Å². The molecule has 0 fully saturated rings. The zero-order chi connectivity index (χ0) is 23.2. The third kappa shape index (κ3) is 3.98. The van der Waals surface area contributed by atoms with E-state index in [0.29, 0.717) is 17.3 Å². The molecule has 2 aromatic heterocycles. The van der Waals surface area contributed by atoms with Gasteiger partial charge in [-0.2, -0.15) is 5.10 Å². The maximum atomic E-state index is 11.0. The van der Waals surface area contributed by atoms with Gasteiger partial charge in [0, 0.05) is 23.6 Å². The normalized spacial score (nSPS) is 11.7. The molecule has 0 atom stereocenters. The maximum absolute atomic E-state index is 11.0. The zero-order valence-corrected chi connectivity index (χ0v) is 18.5. The molecule has 0 unspecified atom stereocenters. The van der Waals surface area contributed by atoms with E-state index in [1.807, 2.05) is 30.3 Å². The summed E-state index contributed by atoms with van der Waals surface area (Å²) in [6, 6.07) is 20.4. The molecule has 5 aromatic rings. The van der Waals surface area contributed by atoms with Gasteiger partial charge < -0.3 is 5.32 Å². The number of rotatable bonds is 4. The summed E-state index contributed by atoms with van der Waals surface area (Å²) in [7, 11) is 0. The molecule has 0 saturated heterocycles. The van der Waals surface area contributed by atoms with Crippen molar-refractivity contribution in [1.29, 1.82) is 0 Å². The van der Waals surface area contributed by atoms with Gasteiger partial charge in [-0.15, -0.1) is 0 Å². The topological polar surface area (TPSA) is 98.8 Å². The van der Waals surface area contributed by atoms with Crippen molar-refractivity contribution in [2.75, 3.05) is 5.32 Å². The van der Waals surface area contributed by atoms with Crippen molar-refractivity contribution in [1.82, 2.24) is 19.7 Å². The summed E-state index contributed by atoms with van der Waals surface area (Å²) >= 11 is 0. The molecule has 0 radical (unpaired) electrons. The Labute approximate surface area is 190 Å². The highest BCUT2D eigenvalue weighted by atomic mass is 16.6. The number of hydrogen-bond donors (Lipinski definition) is 1. The van der Waals surface area contributed by atoms with Gasteiger partial charge in [0.2, 0.25) is 0 Å². The van der Waals surface area contributed by atoms with Crippen molar-refractivity contribution in [2.24, 2.45) is 0 Å². The monoisotopic (exact) mass is 438 g/mol. The molecule has 0 saturated carbocycles. The summed E-state index contributed by atoms with van der Waals surface area (Å²) in [5, 5.41) is 21.3. The number of benzene rings is 3. The van der Waals surface area contributed by atoms with Gasteiger partial charge in [-0.05, 0) is 35.0 Å². The lowest BCUT2D eigenvalue weighted by molar-refractivity contribution is -0.384. The molecule has 0 aliphatic heterocycles. The molecule has 0 spiro atoms. The fourth-order valence-electron chi connectivity index (χ4n) is 3.64. The first-order chi connectivity index (χ1) is 15.8. The number of aromatic nitrogens is 4. The number of anilines is 2. The van der Waals surface area contributed by atoms with Crippen LogP contribution in [0.25, 0.3) is 27.5 Å². The van der Waals surface area contributed by atoms with Crippen molar-refractivity contribution in [3.05, 3.63) is 88.7 Å². The van der Waals surface area contributed by atoms with Gasteiger partial charge in [0.15, 0.2) is 5.82 Å². The smallest absolute Gasteiger partial charge is 0.269 e. The van der Waals surface area contributed by atoms with Gasteiger partial charge in [-0.3, -0.25) is 15.1 Å². The van der Waals surface area contributed by atoms with Gasteiger partial charge in [-0.25, -0.2) is 9.67 Å². The van der Waals surface area contributed by atoms with Crippen LogP contribution >= 0.6 is 0 Å². The van der Waals surface area contributed by atoms with Crippen LogP contribution in [0.5, 0.6) is 0 Å². The second-order valence-electron chi connectivity index (χ2n) is 8.92. The lowest BCUT2D eigenvalue weighted by atomic mass is 9.92. The lowest BCUT2D eigenvalue weighted by Crippen LogP contribution is -2.12. The molecular formula is C25H22N6O2. The van der Waals surface area contributed by atoms with Crippen LogP contribution in [0.3, 0.4) is 0 Å². The number of nitro benzene ring substituents is 1. The molecule has 5 rings (SSSR count). The van der Waals surface area contributed by atoms with Crippen molar-refractivity contribution < 1.29 is 4.92 Å². The molecule has 8 nitrogen and oxygen atoms in total. The van der Waals surface area contributed by atoms with Crippen LogP contribution in [-0.2, 0) is 5.41 Å². The Kier molecular flexibility index (Phi) is 4.78. The number of nitrogens with one attached hydrogen (secondary N) is 1. The Morgan fingerprint density at radius 1 is 0.939 bits per heavy atom. The van der Waals surface area contributed by atoms with Crippen molar-refractivity contribution in [3.8, 4) is 5.69 Å². The van der Waals surface area contributed by atoms with Crippen molar-refractivity contribution >= 4 is 39.1 Å². The number of nitrogens with zero attached hydrogens (tertiary/aromatic N) is 5. The molecule has 3 aromatic carbocycles. The lowest BCUT2D eigenvalue weighted by Gasteiger charge is -2.14. The molecule has 2 heterocycles. The third-order valence-corrected chi connectivity index (χ3v) is 5.45. The van der Waals surface area contributed by atoms with E-state index in [2.05, 4.69) is 43.2 Å². The van der Waals surface area contributed by atoms with E-state index in [-0.39, 0.29) is 11.1 Å². The predicted octanol–water partition coefficient (Wildman–Crippen LogP) is 5.92. The highest BCUT2D eigenvalue weighted by Crippen LogP contribution is 2.29. The summed E-state index contributed by atoms with van der Waals surface area (Å²) in [4.78, 5) is 20.0. The van der Waals surface area contributed by atoms with Crippen LogP contribution in [0.4, 0.5) is 17.3 Å². The molecular weight excluding hydrogens is 416 g/mol. The van der Waals surface area contributed by atoms with Gasteiger partial charge in [-0.1, -0.05) is 45.0 Å². The Balaban J connectivity index is 1.56. The van der Waals surface area contributed by atoms with E-state index in [4.69, 9.17) is 10.1 Å². The van der Waals surface area contributed by atoms with Crippen LogP contribution < -0.4 is 5.32 Å². The van der Waals surface area contributed by atoms with E-state index < -0.39 is 4.92 Å². The first kappa shape index (κ1) is 20.6. The van der Waals surface area contributed by atoms with Gasteiger partial charge in [0.05, 0.1) is 33.5 Å². The highest BCUT2D eigenvalue weighted by molar-refractivity contribution is 5.95. The van der Waals surface area contributed by atoms with Crippen LogP contribution in [0.2, 0.25) is 0 Å². The molecule has 1 N–H and O–H groups in total. The Hall–Kier alpha value is -4.33. The average molecular weight is 438 g/mol. The molecule has 0 bridgehead atoms.